The predicted octanol–water partition coefficient (Wildman–Crippen LogP) is 2.43. The number of imidazole rings is 1. The lowest BCUT2D eigenvalue weighted by atomic mass is 10.2. The Kier molecular flexibility index (Phi) is 5.54. The number of carbonyl (C=O) groups excluding carboxylic acids is 1. The largest absolute Gasteiger partial charge is 0.375 e. The SMILES string of the molecule is CCc1nc(N)sc1C(=O)NCCCn1ccnc1C(C)C. The van der Waals surface area contributed by atoms with E-state index in [1.807, 2.05) is 19.3 Å². The number of rotatable bonds is 7. The molecule has 2 aromatic heterocycles. The van der Waals surface area contributed by atoms with Crippen LogP contribution in [0.4, 0.5) is 5.13 Å². The summed E-state index contributed by atoms with van der Waals surface area (Å²) >= 11 is 1.25. The van der Waals surface area contributed by atoms with E-state index in [2.05, 4.69) is 33.7 Å². The zero-order chi connectivity index (χ0) is 16.1. The summed E-state index contributed by atoms with van der Waals surface area (Å²) in [4.78, 5) is 21.3. The summed E-state index contributed by atoms with van der Waals surface area (Å²) in [6.07, 6.45) is 5.37. The third-order valence-corrected chi connectivity index (χ3v) is 4.31. The van der Waals surface area contributed by atoms with Crippen LogP contribution in [0.25, 0.3) is 0 Å². The van der Waals surface area contributed by atoms with Gasteiger partial charge in [-0.2, -0.15) is 0 Å². The normalized spacial score (nSPS) is 11.1. The second-order valence-electron chi connectivity index (χ2n) is 5.42. The number of hydrogen-bond acceptors (Lipinski definition) is 5. The van der Waals surface area contributed by atoms with Crippen molar-refractivity contribution in [3.63, 3.8) is 0 Å². The van der Waals surface area contributed by atoms with Crippen molar-refractivity contribution in [2.24, 2.45) is 0 Å². The molecule has 2 rings (SSSR count). The third-order valence-electron chi connectivity index (χ3n) is 3.38. The Bertz CT molecular complexity index is 632. The molecule has 0 saturated heterocycles. The fourth-order valence-electron chi connectivity index (χ4n) is 2.33. The second kappa shape index (κ2) is 7.40. The first-order valence-corrected chi connectivity index (χ1v) is 8.39. The Hall–Kier alpha value is -1.89. The molecule has 0 unspecified atom stereocenters. The van der Waals surface area contributed by atoms with Gasteiger partial charge in [0.25, 0.3) is 5.91 Å². The minimum atomic E-state index is -0.0826. The van der Waals surface area contributed by atoms with Crippen molar-refractivity contribution in [1.82, 2.24) is 19.9 Å². The lowest BCUT2D eigenvalue weighted by molar-refractivity contribution is 0.0955. The zero-order valence-corrected chi connectivity index (χ0v) is 14.1. The lowest BCUT2D eigenvalue weighted by Gasteiger charge is -2.10. The minimum Gasteiger partial charge on any atom is -0.375 e. The first-order valence-electron chi connectivity index (χ1n) is 7.57. The Morgan fingerprint density at radius 3 is 2.95 bits per heavy atom. The highest BCUT2D eigenvalue weighted by molar-refractivity contribution is 7.17. The average Bonchev–Trinajstić information content (AvgIpc) is 3.09. The van der Waals surface area contributed by atoms with E-state index in [-0.39, 0.29) is 5.91 Å². The Labute approximate surface area is 134 Å². The van der Waals surface area contributed by atoms with Gasteiger partial charge in [0.05, 0.1) is 5.69 Å². The number of thiazole rings is 1. The first-order chi connectivity index (χ1) is 10.5. The van der Waals surface area contributed by atoms with Crippen molar-refractivity contribution in [1.29, 1.82) is 0 Å². The number of carbonyl (C=O) groups is 1. The maximum absolute atomic E-state index is 12.2. The number of nitrogens with two attached hydrogens (primary N) is 1. The summed E-state index contributed by atoms with van der Waals surface area (Å²) in [5.41, 5.74) is 6.45. The van der Waals surface area contributed by atoms with E-state index in [1.165, 1.54) is 11.3 Å². The van der Waals surface area contributed by atoms with Gasteiger partial charge in [-0.1, -0.05) is 32.1 Å². The molecule has 0 atom stereocenters. The van der Waals surface area contributed by atoms with E-state index in [9.17, 15) is 4.79 Å². The quantitative estimate of drug-likeness (QED) is 0.767. The average molecular weight is 321 g/mol. The van der Waals surface area contributed by atoms with Crippen LogP contribution in [0.15, 0.2) is 12.4 Å². The molecule has 2 aromatic rings. The number of aromatic nitrogens is 3. The maximum atomic E-state index is 12.2. The number of nitrogens with zero attached hydrogens (tertiary/aromatic N) is 3. The van der Waals surface area contributed by atoms with Gasteiger partial charge >= 0.3 is 0 Å². The van der Waals surface area contributed by atoms with E-state index < -0.39 is 0 Å². The highest BCUT2D eigenvalue weighted by Gasteiger charge is 2.15. The van der Waals surface area contributed by atoms with Gasteiger partial charge < -0.3 is 15.6 Å². The van der Waals surface area contributed by atoms with Gasteiger partial charge in [0, 0.05) is 31.4 Å². The molecule has 2 heterocycles. The molecule has 0 spiro atoms. The number of nitrogens with one attached hydrogen (secondary N) is 1. The van der Waals surface area contributed by atoms with Crippen LogP contribution in [0, 0.1) is 0 Å². The molecule has 3 N–H and O–H groups in total. The molecule has 6 nitrogen and oxygen atoms in total. The molecule has 0 radical (unpaired) electrons. The molecule has 0 aromatic carbocycles. The summed E-state index contributed by atoms with van der Waals surface area (Å²) in [6, 6.07) is 0. The maximum Gasteiger partial charge on any atom is 0.263 e. The Morgan fingerprint density at radius 1 is 1.50 bits per heavy atom. The van der Waals surface area contributed by atoms with E-state index in [1.54, 1.807) is 0 Å². The molecule has 1 amide bonds. The molecule has 0 fully saturated rings. The highest BCUT2D eigenvalue weighted by atomic mass is 32.1. The lowest BCUT2D eigenvalue weighted by Crippen LogP contribution is -2.25. The van der Waals surface area contributed by atoms with Gasteiger partial charge in [0.2, 0.25) is 0 Å². The van der Waals surface area contributed by atoms with Gasteiger partial charge in [-0.3, -0.25) is 4.79 Å². The van der Waals surface area contributed by atoms with Crippen LogP contribution in [-0.2, 0) is 13.0 Å². The Balaban J connectivity index is 1.83. The van der Waals surface area contributed by atoms with E-state index in [0.717, 1.165) is 24.5 Å². The van der Waals surface area contributed by atoms with Crippen LogP contribution >= 0.6 is 11.3 Å². The van der Waals surface area contributed by atoms with Gasteiger partial charge in [-0.05, 0) is 12.8 Å². The molecular weight excluding hydrogens is 298 g/mol. The first kappa shape index (κ1) is 16.5. The molecular formula is C15H23N5OS. The molecule has 0 saturated carbocycles. The molecule has 7 heteroatoms. The number of nitrogen functional groups attached to an aromatic ring is 1. The van der Waals surface area contributed by atoms with Crippen LogP contribution in [-0.4, -0.2) is 27.0 Å². The fraction of sp³-hybridized carbons (Fsp3) is 0.533. The van der Waals surface area contributed by atoms with E-state index in [4.69, 9.17) is 5.73 Å². The number of amides is 1. The third kappa shape index (κ3) is 3.85. The van der Waals surface area contributed by atoms with Crippen molar-refractivity contribution in [2.75, 3.05) is 12.3 Å². The summed E-state index contributed by atoms with van der Waals surface area (Å²) in [5.74, 6) is 1.40. The minimum absolute atomic E-state index is 0.0826. The molecule has 0 aliphatic carbocycles. The van der Waals surface area contributed by atoms with Crippen molar-refractivity contribution < 1.29 is 4.79 Å². The topological polar surface area (TPSA) is 85.8 Å². The van der Waals surface area contributed by atoms with Crippen LogP contribution in [0.3, 0.4) is 0 Å². The molecule has 0 aliphatic heterocycles. The summed E-state index contributed by atoms with van der Waals surface area (Å²) in [7, 11) is 0. The molecule has 22 heavy (non-hydrogen) atoms. The second-order valence-corrected chi connectivity index (χ2v) is 6.46. The van der Waals surface area contributed by atoms with Crippen molar-refractivity contribution >= 4 is 22.4 Å². The fourth-order valence-corrected chi connectivity index (χ4v) is 3.17. The number of hydrogen-bond donors (Lipinski definition) is 2. The van der Waals surface area contributed by atoms with Crippen molar-refractivity contribution in [3.05, 3.63) is 28.8 Å². The summed E-state index contributed by atoms with van der Waals surface area (Å²) < 4.78 is 2.14. The summed E-state index contributed by atoms with van der Waals surface area (Å²) in [6.45, 7) is 7.69. The summed E-state index contributed by atoms with van der Waals surface area (Å²) in [5, 5.41) is 3.39. The van der Waals surface area contributed by atoms with Gasteiger partial charge in [-0.15, -0.1) is 0 Å². The Morgan fingerprint density at radius 2 is 2.27 bits per heavy atom. The predicted molar refractivity (Wildman–Crippen MR) is 89.2 cm³/mol. The standard InChI is InChI=1S/C15H23N5OS/c1-4-11-12(22-15(16)19-11)14(21)18-6-5-8-20-9-7-17-13(20)10(2)3/h7,9-10H,4-6,8H2,1-3H3,(H2,16,19)(H,18,21). The van der Waals surface area contributed by atoms with Crippen molar-refractivity contribution in [2.45, 2.75) is 46.1 Å². The van der Waals surface area contributed by atoms with Crippen LogP contribution in [0.1, 0.15) is 54.3 Å². The molecule has 0 bridgehead atoms. The van der Waals surface area contributed by atoms with Crippen LogP contribution in [0.5, 0.6) is 0 Å². The van der Waals surface area contributed by atoms with Crippen molar-refractivity contribution in [3.8, 4) is 0 Å². The van der Waals surface area contributed by atoms with E-state index in [0.29, 0.717) is 28.9 Å². The smallest absolute Gasteiger partial charge is 0.263 e. The zero-order valence-electron chi connectivity index (χ0n) is 13.3. The monoisotopic (exact) mass is 321 g/mol. The van der Waals surface area contributed by atoms with Gasteiger partial charge in [0.15, 0.2) is 5.13 Å². The number of aryl methyl sites for hydroxylation is 2. The van der Waals surface area contributed by atoms with Crippen LogP contribution < -0.4 is 11.1 Å². The number of anilines is 1. The molecule has 120 valence electrons. The molecule has 0 aliphatic rings. The van der Waals surface area contributed by atoms with Gasteiger partial charge in [-0.25, -0.2) is 9.97 Å². The van der Waals surface area contributed by atoms with E-state index >= 15 is 0 Å². The van der Waals surface area contributed by atoms with Crippen LogP contribution in [0.2, 0.25) is 0 Å². The van der Waals surface area contributed by atoms with Gasteiger partial charge in [0.1, 0.15) is 10.7 Å². The highest BCUT2D eigenvalue weighted by Crippen LogP contribution is 2.20.